The third-order valence-electron chi connectivity index (χ3n) is 1.80. The topological polar surface area (TPSA) is 72.5 Å². The van der Waals surface area contributed by atoms with E-state index in [1.807, 2.05) is 0 Å². The third-order valence-corrected chi connectivity index (χ3v) is 4.42. The molecule has 0 spiro atoms. The summed E-state index contributed by atoms with van der Waals surface area (Å²) in [6.45, 7) is 0. The number of rotatable bonds is 4. The van der Waals surface area contributed by atoms with E-state index >= 15 is 0 Å². The maximum Gasteiger partial charge on any atom is 0.339 e. The van der Waals surface area contributed by atoms with Gasteiger partial charge < -0.3 is 4.74 Å². The first-order valence-corrected chi connectivity index (χ1v) is 7.11. The van der Waals surface area contributed by atoms with Crippen LogP contribution in [0.25, 0.3) is 0 Å². The molecular formula is C9H9BrFNO4S. The molecule has 5 nitrogen and oxygen atoms in total. The summed E-state index contributed by atoms with van der Waals surface area (Å²) in [5.74, 6) is -1.41. The molecule has 0 bridgehead atoms. The van der Waals surface area contributed by atoms with Crippen molar-refractivity contribution in [3.05, 3.63) is 29.6 Å². The molecule has 0 saturated carbocycles. The predicted octanol–water partition coefficient (Wildman–Crippen LogP) is 1.71. The normalized spacial score (nSPS) is 11.0. The molecule has 1 aromatic carbocycles. The average Bonchev–Trinajstić information content (AvgIpc) is 2.28. The van der Waals surface area contributed by atoms with Crippen molar-refractivity contribution in [1.29, 1.82) is 0 Å². The number of nitrogens with one attached hydrogen (secondary N) is 1. The number of sulfonamides is 1. The molecular weight excluding hydrogens is 317 g/mol. The van der Waals surface area contributed by atoms with Crippen molar-refractivity contribution in [3.63, 3.8) is 0 Å². The van der Waals surface area contributed by atoms with Crippen molar-refractivity contribution in [2.75, 3.05) is 16.5 Å². The van der Waals surface area contributed by atoms with Crippen LogP contribution in [0.15, 0.2) is 18.2 Å². The quantitative estimate of drug-likeness (QED) is 0.675. The molecule has 0 fully saturated rings. The van der Waals surface area contributed by atoms with Crippen LogP contribution in [0.2, 0.25) is 0 Å². The first-order valence-electron chi connectivity index (χ1n) is 4.34. The lowest BCUT2D eigenvalue weighted by molar-refractivity contribution is 0.0602. The van der Waals surface area contributed by atoms with Crippen molar-refractivity contribution in [3.8, 4) is 0 Å². The van der Waals surface area contributed by atoms with Gasteiger partial charge in [0.1, 0.15) is 10.5 Å². The summed E-state index contributed by atoms with van der Waals surface area (Å²) in [4.78, 5) is 11.3. The van der Waals surface area contributed by atoms with E-state index in [-0.39, 0.29) is 15.9 Å². The number of hydrogen-bond acceptors (Lipinski definition) is 4. The molecule has 0 atom stereocenters. The number of carbonyl (C=O) groups excluding carboxylic acids is 1. The van der Waals surface area contributed by atoms with Gasteiger partial charge in [-0.1, -0.05) is 15.9 Å². The van der Waals surface area contributed by atoms with Crippen LogP contribution in [-0.2, 0) is 14.8 Å². The molecule has 0 unspecified atom stereocenters. The van der Waals surface area contributed by atoms with E-state index in [9.17, 15) is 17.6 Å². The van der Waals surface area contributed by atoms with Gasteiger partial charge in [-0.3, -0.25) is 4.72 Å². The Balaban J connectivity index is 3.21. The number of carbonyl (C=O) groups is 1. The zero-order valence-corrected chi connectivity index (χ0v) is 11.1. The Hall–Kier alpha value is -1.15. The van der Waals surface area contributed by atoms with E-state index in [1.165, 1.54) is 0 Å². The molecule has 1 N–H and O–H groups in total. The standard InChI is InChI=1S/C9H9BrFNO4S/c1-16-9(13)7-3-2-6(11)4-8(7)12-17(14,15)5-10/h2-4,12H,5H2,1H3. The molecule has 0 heterocycles. The van der Waals surface area contributed by atoms with E-state index in [2.05, 4.69) is 25.4 Å². The highest BCUT2D eigenvalue weighted by molar-refractivity contribution is 9.10. The summed E-state index contributed by atoms with van der Waals surface area (Å²) in [6, 6.07) is 3.10. The highest BCUT2D eigenvalue weighted by atomic mass is 79.9. The molecule has 0 aliphatic rings. The zero-order valence-electron chi connectivity index (χ0n) is 8.74. The van der Waals surface area contributed by atoms with Gasteiger partial charge in [0, 0.05) is 0 Å². The van der Waals surface area contributed by atoms with Gasteiger partial charge in [0.05, 0.1) is 18.4 Å². The summed E-state index contributed by atoms with van der Waals surface area (Å²) in [6.07, 6.45) is 0. The van der Waals surface area contributed by atoms with Crippen molar-refractivity contribution in [2.45, 2.75) is 0 Å². The van der Waals surface area contributed by atoms with Gasteiger partial charge in [-0.2, -0.15) is 0 Å². The average molecular weight is 326 g/mol. The van der Waals surface area contributed by atoms with Crippen LogP contribution in [0.5, 0.6) is 0 Å². The molecule has 1 aromatic rings. The van der Waals surface area contributed by atoms with Crippen molar-refractivity contribution < 1.29 is 22.3 Å². The minimum atomic E-state index is -3.66. The minimum absolute atomic E-state index is 0.0570. The predicted molar refractivity (Wildman–Crippen MR) is 64.1 cm³/mol. The number of halogens is 2. The minimum Gasteiger partial charge on any atom is -0.465 e. The van der Waals surface area contributed by atoms with Crippen LogP contribution in [-0.4, -0.2) is 26.2 Å². The molecule has 8 heteroatoms. The van der Waals surface area contributed by atoms with Gasteiger partial charge in [-0.25, -0.2) is 17.6 Å². The Morgan fingerprint density at radius 1 is 1.53 bits per heavy atom. The van der Waals surface area contributed by atoms with E-state index in [0.29, 0.717) is 0 Å². The smallest absolute Gasteiger partial charge is 0.339 e. The van der Waals surface area contributed by atoms with E-state index in [0.717, 1.165) is 25.3 Å². The highest BCUT2D eigenvalue weighted by Crippen LogP contribution is 2.20. The first-order chi connectivity index (χ1) is 7.89. The largest absolute Gasteiger partial charge is 0.465 e. The molecule has 0 saturated heterocycles. The molecule has 0 aliphatic heterocycles. The lowest BCUT2D eigenvalue weighted by Crippen LogP contribution is -2.16. The van der Waals surface area contributed by atoms with E-state index < -0.39 is 21.8 Å². The Bertz CT molecular complexity index is 532. The lowest BCUT2D eigenvalue weighted by atomic mass is 10.2. The number of hydrogen-bond donors (Lipinski definition) is 1. The van der Waals surface area contributed by atoms with Crippen LogP contribution in [0.3, 0.4) is 0 Å². The third kappa shape index (κ3) is 3.67. The van der Waals surface area contributed by atoms with Crippen LogP contribution in [0.1, 0.15) is 10.4 Å². The summed E-state index contributed by atoms with van der Waals surface area (Å²) < 4.78 is 41.8. The lowest BCUT2D eigenvalue weighted by Gasteiger charge is -2.09. The molecule has 0 radical (unpaired) electrons. The summed E-state index contributed by atoms with van der Waals surface area (Å²) in [5.41, 5.74) is -0.213. The molecule has 94 valence electrons. The van der Waals surface area contributed by atoms with Gasteiger partial charge >= 0.3 is 5.97 Å². The van der Waals surface area contributed by atoms with Gasteiger partial charge in [-0.15, -0.1) is 0 Å². The highest BCUT2D eigenvalue weighted by Gasteiger charge is 2.17. The summed E-state index contributed by atoms with van der Waals surface area (Å²) >= 11 is 2.77. The number of methoxy groups -OCH3 is 1. The Labute approximate surface area is 106 Å². The Morgan fingerprint density at radius 2 is 2.18 bits per heavy atom. The van der Waals surface area contributed by atoms with Gasteiger partial charge in [0.2, 0.25) is 10.0 Å². The fourth-order valence-electron chi connectivity index (χ4n) is 1.08. The number of esters is 1. The van der Waals surface area contributed by atoms with Crippen LogP contribution < -0.4 is 4.72 Å². The molecule has 17 heavy (non-hydrogen) atoms. The van der Waals surface area contributed by atoms with Gasteiger partial charge in [-0.05, 0) is 18.2 Å². The number of ether oxygens (including phenoxy) is 1. The van der Waals surface area contributed by atoms with Crippen LogP contribution in [0.4, 0.5) is 10.1 Å². The summed E-state index contributed by atoms with van der Waals surface area (Å²) in [5, 5.41) is 0. The zero-order chi connectivity index (χ0) is 13.1. The SMILES string of the molecule is COC(=O)c1ccc(F)cc1NS(=O)(=O)CBr. The van der Waals surface area contributed by atoms with E-state index in [1.54, 1.807) is 0 Å². The van der Waals surface area contributed by atoms with Crippen LogP contribution >= 0.6 is 15.9 Å². The van der Waals surface area contributed by atoms with Crippen molar-refractivity contribution in [1.82, 2.24) is 0 Å². The fraction of sp³-hybridized carbons (Fsp3) is 0.222. The molecule has 0 aromatic heterocycles. The second-order valence-corrected chi connectivity index (χ2v) is 6.03. The monoisotopic (exact) mass is 325 g/mol. The fourth-order valence-corrected chi connectivity index (χ4v) is 1.99. The second-order valence-electron chi connectivity index (χ2n) is 3.01. The number of alkyl halides is 1. The molecule has 0 amide bonds. The maximum absolute atomic E-state index is 13.0. The Morgan fingerprint density at radius 3 is 2.71 bits per heavy atom. The Kier molecular flexibility index (Phi) is 4.47. The number of anilines is 1. The second kappa shape index (κ2) is 5.46. The first kappa shape index (κ1) is 13.9. The van der Waals surface area contributed by atoms with Crippen molar-refractivity contribution in [2.24, 2.45) is 0 Å². The molecule has 1 rings (SSSR count). The van der Waals surface area contributed by atoms with Gasteiger partial charge in [0.15, 0.2) is 0 Å². The van der Waals surface area contributed by atoms with Gasteiger partial charge in [0.25, 0.3) is 0 Å². The van der Waals surface area contributed by atoms with E-state index in [4.69, 9.17) is 0 Å². The number of benzene rings is 1. The van der Waals surface area contributed by atoms with Crippen LogP contribution in [0, 0.1) is 5.82 Å². The molecule has 0 aliphatic carbocycles. The van der Waals surface area contributed by atoms with Crippen molar-refractivity contribution >= 4 is 37.6 Å². The maximum atomic E-state index is 13.0. The summed E-state index contributed by atoms with van der Waals surface area (Å²) in [7, 11) is -2.51.